The van der Waals surface area contributed by atoms with Crippen molar-refractivity contribution in [1.82, 2.24) is 0 Å². The third-order valence-electron chi connectivity index (χ3n) is 2.15. The van der Waals surface area contributed by atoms with Gasteiger partial charge in [-0.2, -0.15) is 0 Å². The molecule has 0 spiro atoms. The van der Waals surface area contributed by atoms with Gasteiger partial charge in [-0.15, -0.1) is 0 Å². The number of rotatable bonds is 5. The van der Waals surface area contributed by atoms with E-state index in [9.17, 15) is 4.79 Å². The third-order valence-corrected chi connectivity index (χ3v) is 2.15. The van der Waals surface area contributed by atoms with Crippen molar-refractivity contribution in [3.8, 4) is 0 Å². The van der Waals surface area contributed by atoms with Crippen molar-refractivity contribution >= 4 is 5.97 Å². The maximum atomic E-state index is 11.4. The fourth-order valence-electron chi connectivity index (χ4n) is 1.25. The van der Waals surface area contributed by atoms with Gasteiger partial charge in [0, 0.05) is 7.11 Å². The summed E-state index contributed by atoms with van der Waals surface area (Å²) in [5.74, 6) is -0.207. The minimum Gasteiger partial charge on any atom is -0.463 e. The van der Waals surface area contributed by atoms with Gasteiger partial charge >= 0.3 is 5.97 Å². The second kappa shape index (κ2) is 6.19. The molecule has 82 valence electrons. The van der Waals surface area contributed by atoms with Crippen LogP contribution in [0.2, 0.25) is 0 Å². The van der Waals surface area contributed by atoms with Crippen LogP contribution in [0.4, 0.5) is 0 Å². The Hall–Kier alpha value is -1.35. The van der Waals surface area contributed by atoms with E-state index in [2.05, 4.69) is 0 Å². The molecule has 0 aromatic heterocycles. The molecule has 0 atom stereocenters. The highest BCUT2D eigenvalue weighted by molar-refractivity contribution is 5.73. The molecule has 1 rings (SSSR count). The van der Waals surface area contributed by atoms with E-state index < -0.39 is 0 Å². The molecule has 0 saturated carbocycles. The molecule has 0 radical (unpaired) electrons. The van der Waals surface area contributed by atoms with E-state index in [0.29, 0.717) is 19.6 Å². The van der Waals surface area contributed by atoms with E-state index in [4.69, 9.17) is 9.47 Å². The number of benzene rings is 1. The summed E-state index contributed by atoms with van der Waals surface area (Å²) in [6.07, 6.45) is 0.330. The predicted molar refractivity (Wildman–Crippen MR) is 57.7 cm³/mol. The Labute approximate surface area is 90.0 Å². The van der Waals surface area contributed by atoms with Crippen LogP contribution in [0.25, 0.3) is 0 Å². The summed E-state index contributed by atoms with van der Waals surface area (Å²) >= 11 is 0. The molecule has 3 nitrogen and oxygen atoms in total. The van der Waals surface area contributed by atoms with E-state index in [-0.39, 0.29) is 5.97 Å². The summed E-state index contributed by atoms with van der Waals surface area (Å²) in [4.78, 5) is 11.4. The van der Waals surface area contributed by atoms with Gasteiger partial charge in [-0.25, -0.2) is 0 Å². The van der Waals surface area contributed by atoms with Gasteiger partial charge in [-0.3, -0.25) is 4.79 Å². The van der Waals surface area contributed by atoms with E-state index >= 15 is 0 Å². The van der Waals surface area contributed by atoms with Crippen molar-refractivity contribution in [3.05, 3.63) is 35.4 Å². The molecule has 0 aliphatic rings. The number of aryl methyl sites for hydroxylation is 1. The van der Waals surface area contributed by atoms with Gasteiger partial charge in [-0.1, -0.05) is 24.3 Å². The van der Waals surface area contributed by atoms with E-state index in [1.54, 1.807) is 7.11 Å². The molecule has 0 aliphatic heterocycles. The molecule has 0 fully saturated rings. The second-order valence-corrected chi connectivity index (χ2v) is 3.32. The Bertz CT molecular complexity index is 320. The van der Waals surface area contributed by atoms with Crippen LogP contribution in [-0.2, 0) is 20.7 Å². The molecular formula is C12H16O3. The molecule has 15 heavy (non-hydrogen) atoms. The van der Waals surface area contributed by atoms with Gasteiger partial charge in [0.1, 0.15) is 6.61 Å². The highest BCUT2D eigenvalue weighted by atomic mass is 16.6. The smallest absolute Gasteiger partial charge is 0.310 e. The largest absolute Gasteiger partial charge is 0.463 e. The lowest BCUT2D eigenvalue weighted by atomic mass is 10.1. The van der Waals surface area contributed by atoms with Gasteiger partial charge in [0.25, 0.3) is 0 Å². The number of hydrogen-bond donors (Lipinski definition) is 0. The van der Waals surface area contributed by atoms with E-state index in [0.717, 1.165) is 11.1 Å². The molecule has 0 unspecified atom stereocenters. The average molecular weight is 208 g/mol. The van der Waals surface area contributed by atoms with E-state index in [1.807, 2.05) is 31.2 Å². The summed E-state index contributed by atoms with van der Waals surface area (Å²) < 4.78 is 9.77. The Balaban J connectivity index is 2.41. The van der Waals surface area contributed by atoms with Crippen molar-refractivity contribution in [2.75, 3.05) is 20.3 Å². The van der Waals surface area contributed by atoms with Gasteiger partial charge in [0.15, 0.2) is 0 Å². The van der Waals surface area contributed by atoms with Gasteiger partial charge < -0.3 is 9.47 Å². The number of methoxy groups -OCH3 is 1. The minimum atomic E-state index is -0.207. The maximum absolute atomic E-state index is 11.4. The van der Waals surface area contributed by atoms with Crippen LogP contribution >= 0.6 is 0 Å². The summed E-state index contributed by atoms with van der Waals surface area (Å²) in [6.45, 7) is 2.75. The quantitative estimate of drug-likeness (QED) is 0.546. The topological polar surface area (TPSA) is 35.5 Å². The van der Waals surface area contributed by atoms with Crippen LogP contribution in [0, 0.1) is 6.92 Å². The lowest BCUT2D eigenvalue weighted by Gasteiger charge is -2.06. The van der Waals surface area contributed by atoms with Crippen LogP contribution in [0.15, 0.2) is 24.3 Å². The van der Waals surface area contributed by atoms with Crippen molar-refractivity contribution in [2.24, 2.45) is 0 Å². The highest BCUT2D eigenvalue weighted by Crippen LogP contribution is 2.08. The standard InChI is InChI=1S/C12H16O3/c1-10-5-3-4-6-11(10)9-12(13)15-8-7-14-2/h3-6H,7-9H2,1-2H3. The first-order valence-corrected chi connectivity index (χ1v) is 4.93. The first kappa shape index (κ1) is 11.7. The fourth-order valence-corrected chi connectivity index (χ4v) is 1.25. The molecule has 0 saturated heterocycles. The summed E-state index contributed by atoms with van der Waals surface area (Å²) in [5, 5.41) is 0. The third kappa shape index (κ3) is 4.13. The SMILES string of the molecule is COCCOC(=O)Cc1ccccc1C. The molecule has 0 bridgehead atoms. The van der Waals surface area contributed by atoms with Crippen LogP contribution in [-0.4, -0.2) is 26.3 Å². The normalized spacial score (nSPS) is 10.0. The van der Waals surface area contributed by atoms with Crippen molar-refractivity contribution in [3.63, 3.8) is 0 Å². The van der Waals surface area contributed by atoms with Crippen LogP contribution in [0.5, 0.6) is 0 Å². The van der Waals surface area contributed by atoms with E-state index in [1.165, 1.54) is 0 Å². The molecular weight excluding hydrogens is 192 g/mol. The zero-order valence-electron chi connectivity index (χ0n) is 9.16. The van der Waals surface area contributed by atoms with Crippen molar-refractivity contribution in [2.45, 2.75) is 13.3 Å². The number of carbonyl (C=O) groups is 1. The Kier molecular flexibility index (Phi) is 4.84. The van der Waals surface area contributed by atoms with Crippen molar-refractivity contribution < 1.29 is 14.3 Å². The highest BCUT2D eigenvalue weighted by Gasteiger charge is 2.05. The van der Waals surface area contributed by atoms with Crippen LogP contribution < -0.4 is 0 Å². The van der Waals surface area contributed by atoms with Crippen LogP contribution in [0.3, 0.4) is 0 Å². The summed E-state index contributed by atoms with van der Waals surface area (Å²) in [6, 6.07) is 7.80. The monoisotopic (exact) mass is 208 g/mol. The molecule has 1 aromatic rings. The molecule has 0 N–H and O–H groups in total. The lowest BCUT2D eigenvalue weighted by Crippen LogP contribution is -2.12. The number of carbonyl (C=O) groups excluding carboxylic acids is 1. The average Bonchev–Trinajstić information content (AvgIpc) is 2.22. The molecule has 0 heterocycles. The first-order chi connectivity index (χ1) is 7.24. The zero-order chi connectivity index (χ0) is 11.1. The van der Waals surface area contributed by atoms with Gasteiger partial charge in [0.2, 0.25) is 0 Å². The first-order valence-electron chi connectivity index (χ1n) is 4.93. The molecule has 3 heteroatoms. The molecule has 0 aliphatic carbocycles. The Morgan fingerprint density at radius 2 is 2.00 bits per heavy atom. The fraction of sp³-hybridized carbons (Fsp3) is 0.417. The number of ether oxygens (including phenoxy) is 2. The van der Waals surface area contributed by atoms with Gasteiger partial charge in [-0.05, 0) is 18.1 Å². The second-order valence-electron chi connectivity index (χ2n) is 3.32. The number of hydrogen-bond acceptors (Lipinski definition) is 3. The van der Waals surface area contributed by atoms with Crippen LogP contribution in [0.1, 0.15) is 11.1 Å². The summed E-state index contributed by atoms with van der Waals surface area (Å²) in [5.41, 5.74) is 2.13. The summed E-state index contributed by atoms with van der Waals surface area (Å²) in [7, 11) is 1.58. The number of esters is 1. The molecule has 0 amide bonds. The van der Waals surface area contributed by atoms with Gasteiger partial charge in [0.05, 0.1) is 13.0 Å². The van der Waals surface area contributed by atoms with Crippen molar-refractivity contribution in [1.29, 1.82) is 0 Å². The predicted octanol–water partition coefficient (Wildman–Crippen LogP) is 1.73. The molecule has 1 aromatic carbocycles. The maximum Gasteiger partial charge on any atom is 0.310 e. The minimum absolute atomic E-state index is 0.207. The Morgan fingerprint density at radius 1 is 1.27 bits per heavy atom. The zero-order valence-corrected chi connectivity index (χ0v) is 9.16. The lowest BCUT2D eigenvalue weighted by molar-refractivity contribution is -0.144. The Morgan fingerprint density at radius 3 is 2.67 bits per heavy atom.